The highest BCUT2D eigenvalue weighted by atomic mass is 35.5. The number of carbonyl (C=O) groups excluding carboxylic acids is 1. The number of hydrogen-bond acceptors (Lipinski definition) is 3. The number of nitrogens with one attached hydrogen (secondary N) is 1. The fourth-order valence-electron chi connectivity index (χ4n) is 3.69. The van der Waals surface area contributed by atoms with Crippen molar-refractivity contribution < 1.29 is 4.79 Å². The van der Waals surface area contributed by atoms with E-state index in [0.29, 0.717) is 13.0 Å². The molecule has 2 aliphatic rings. The number of carbonyl (C=O) groups is 1. The topological polar surface area (TPSA) is 58.4 Å². The van der Waals surface area contributed by atoms with Crippen LogP contribution in [0.25, 0.3) is 0 Å². The predicted octanol–water partition coefficient (Wildman–Crippen LogP) is 2.73. The lowest BCUT2D eigenvalue weighted by Crippen LogP contribution is -2.39. The summed E-state index contributed by atoms with van der Waals surface area (Å²) >= 11 is 0. The average molecular weight is 354 g/mol. The van der Waals surface area contributed by atoms with E-state index in [1.54, 1.807) is 0 Å². The molecule has 2 fully saturated rings. The van der Waals surface area contributed by atoms with Crippen LogP contribution in [0.2, 0.25) is 0 Å². The van der Waals surface area contributed by atoms with Gasteiger partial charge < -0.3 is 16.0 Å². The largest absolute Gasteiger partial charge is 0.356 e. The van der Waals surface area contributed by atoms with Crippen LogP contribution in [0.1, 0.15) is 57.8 Å². The van der Waals surface area contributed by atoms with Crippen LogP contribution in [0, 0.1) is 5.41 Å². The van der Waals surface area contributed by atoms with Crippen molar-refractivity contribution in [2.75, 3.05) is 32.7 Å². The number of rotatable bonds is 7. The summed E-state index contributed by atoms with van der Waals surface area (Å²) in [6.45, 7) is 5.08. The van der Waals surface area contributed by atoms with Crippen molar-refractivity contribution in [2.24, 2.45) is 11.1 Å². The first-order chi connectivity index (χ1) is 9.74. The number of likely N-dealkylation sites (tertiary alicyclic amines) is 1. The second-order valence-electron chi connectivity index (χ2n) is 6.69. The Morgan fingerprint density at radius 3 is 2.27 bits per heavy atom. The van der Waals surface area contributed by atoms with Crippen LogP contribution in [0.4, 0.5) is 0 Å². The van der Waals surface area contributed by atoms with Gasteiger partial charge in [0.25, 0.3) is 0 Å². The minimum atomic E-state index is 0. The maximum absolute atomic E-state index is 12.1. The van der Waals surface area contributed by atoms with E-state index in [4.69, 9.17) is 5.73 Å². The first-order valence-corrected chi connectivity index (χ1v) is 8.43. The lowest BCUT2D eigenvalue weighted by molar-refractivity contribution is -0.123. The van der Waals surface area contributed by atoms with Crippen LogP contribution in [0.5, 0.6) is 0 Å². The van der Waals surface area contributed by atoms with Gasteiger partial charge in [0.2, 0.25) is 5.91 Å². The van der Waals surface area contributed by atoms with E-state index in [1.807, 2.05) is 0 Å². The first-order valence-electron chi connectivity index (χ1n) is 8.43. The Labute approximate surface area is 147 Å². The van der Waals surface area contributed by atoms with Gasteiger partial charge in [0.1, 0.15) is 0 Å². The molecule has 1 aliphatic heterocycles. The summed E-state index contributed by atoms with van der Waals surface area (Å²) in [6, 6.07) is 0. The van der Waals surface area contributed by atoms with E-state index in [0.717, 1.165) is 32.4 Å². The zero-order chi connectivity index (χ0) is 14.3. The van der Waals surface area contributed by atoms with Crippen molar-refractivity contribution in [3.63, 3.8) is 0 Å². The Hall–Kier alpha value is -0.0300. The molecule has 0 aromatic carbocycles. The van der Waals surface area contributed by atoms with Gasteiger partial charge in [-0.1, -0.05) is 19.3 Å². The van der Waals surface area contributed by atoms with Gasteiger partial charge in [-0.25, -0.2) is 0 Å². The summed E-state index contributed by atoms with van der Waals surface area (Å²) in [6.07, 6.45) is 10.4. The molecular formula is C16H33Cl2N3O. The van der Waals surface area contributed by atoms with E-state index in [2.05, 4.69) is 10.2 Å². The molecule has 1 aliphatic carbocycles. The fraction of sp³-hybridized carbons (Fsp3) is 0.938. The monoisotopic (exact) mass is 353 g/mol. The van der Waals surface area contributed by atoms with Gasteiger partial charge in [-0.05, 0) is 63.7 Å². The van der Waals surface area contributed by atoms with E-state index < -0.39 is 0 Å². The Balaban J connectivity index is 0.00000220. The van der Waals surface area contributed by atoms with Crippen molar-refractivity contribution in [2.45, 2.75) is 57.8 Å². The Bertz CT molecular complexity index is 304. The van der Waals surface area contributed by atoms with Crippen LogP contribution in [-0.2, 0) is 4.79 Å². The molecule has 0 atom stereocenters. The van der Waals surface area contributed by atoms with E-state index in [-0.39, 0.29) is 36.1 Å². The van der Waals surface area contributed by atoms with E-state index >= 15 is 0 Å². The molecule has 0 radical (unpaired) electrons. The van der Waals surface area contributed by atoms with Gasteiger partial charge in [-0.15, -0.1) is 24.8 Å². The summed E-state index contributed by atoms with van der Waals surface area (Å²) in [5.41, 5.74) is 6.03. The third kappa shape index (κ3) is 7.03. The molecule has 0 spiro atoms. The van der Waals surface area contributed by atoms with Crippen LogP contribution in [-0.4, -0.2) is 43.5 Å². The first kappa shape index (κ1) is 22.0. The lowest BCUT2D eigenvalue weighted by atomic mass is 9.71. The van der Waals surface area contributed by atoms with Crippen molar-refractivity contribution in [1.29, 1.82) is 0 Å². The van der Waals surface area contributed by atoms with Gasteiger partial charge in [0, 0.05) is 13.0 Å². The normalized spacial score (nSPS) is 20.8. The van der Waals surface area contributed by atoms with Crippen LogP contribution >= 0.6 is 24.8 Å². The number of hydrogen-bond donors (Lipinski definition) is 2. The smallest absolute Gasteiger partial charge is 0.220 e. The minimum Gasteiger partial charge on any atom is -0.356 e. The zero-order valence-electron chi connectivity index (χ0n) is 13.6. The standard InChI is InChI=1S/C16H31N3O.2ClH/c17-14-16(7-2-1-3-8-16)13-15(20)18-9-6-12-19-10-4-5-11-19;;/h1-14,17H2,(H,18,20);2*1H. The average Bonchev–Trinajstić information content (AvgIpc) is 2.98. The fourth-order valence-corrected chi connectivity index (χ4v) is 3.69. The highest BCUT2D eigenvalue weighted by molar-refractivity contribution is 5.85. The molecule has 0 unspecified atom stereocenters. The van der Waals surface area contributed by atoms with Gasteiger partial charge in [0.05, 0.1) is 0 Å². The van der Waals surface area contributed by atoms with Crippen LogP contribution in [0.15, 0.2) is 0 Å². The Morgan fingerprint density at radius 1 is 1.05 bits per heavy atom. The number of amides is 1. The summed E-state index contributed by atoms with van der Waals surface area (Å²) in [5.74, 6) is 0.207. The third-order valence-corrected chi connectivity index (χ3v) is 5.05. The Kier molecular flexibility index (Phi) is 11.5. The maximum Gasteiger partial charge on any atom is 0.220 e. The molecule has 1 saturated carbocycles. The number of nitrogens with two attached hydrogens (primary N) is 1. The zero-order valence-corrected chi connectivity index (χ0v) is 15.3. The minimum absolute atomic E-state index is 0. The molecule has 6 heteroatoms. The van der Waals surface area contributed by atoms with Crippen molar-refractivity contribution in [3.05, 3.63) is 0 Å². The summed E-state index contributed by atoms with van der Waals surface area (Å²) in [7, 11) is 0. The van der Waals surface area contributed by atoms with Crippen LogP contribution < -0.4 is 11.1 Å². The quantitative estimate of drug-likeness (QED) is 0.691. The maximum atomic E-state index is 12.1. The number of nitrogens with zero attached hydrogens (tertiary/aromatic N) is 1. The van der Waals surface area contributed by atoms with Gasteiger partial charge in [-0.2, -0.15) is 0 Å². The molecule has 3 N–H and O–H groups in total. The molecule has 1 saturated heterocycles. The molecule has 1 heterocycles. The SMILES string of the molecule is Cl.Cl.NCC1(CC(=O)NCCCN2CCCC2)CCCCC1. The predicted molar refractivity (Wildman–Crippen MR) is 97.0 cm³/mol. The highest BCUT2D eigenvalue weighted by Gasteiger charge is 2.32. The lowest BCUT2D eigenvalue weighted by Gasteiger charge is -2.35. The highest BCUT2D eigenvalue weighted by Crippen LogP contribution is 2.38. The van der Waals surface area contributed by atoms with Crippen molar-refractivity contribution in [1.82, 2.24) is 10.2 Å². The van der Waals surface area contributed by atoms with Gasteiger partial charge >= 0.3 is 0 Å². The molecule has 132 valence electrons. The molecular weight excluding hydrogens is 321 g/mol. The summed E-state index contributed by atoms with van der Waals surface area (Å²) in [5, 5.41) is 3.09. The van der Waals surface area contributed by atoms with Gasteiger partial charge in [0.15, 0.2) is 0 Å². The second-order valence-corrected chi connectivity index (χ2v) is 6.69. The third-order valence-electron chi connectivity index (χ3n) is 5.05. The van der Waals surface area contributed by atoms with Crippen molar-refractivity contribution >= 4 is 30.7 Å². The van der Waals surface area contributed by atoms with E-state index in [9.17, 15) is 4.79 Å². The molecule has 1 amide bonds. The van der Waals surface area contributed by atoms with Crippen LogP contribution in [0.3, 0.4) is 0 Å². The van der Waals surface area contributed by atoms with Gasteiger partial charge in [-0.3, -0.25) is 4.79 Å². The number of halogens is 2. The second kappa shape index (κ2) is 11.5. The van der Waals surface area contributed by atoms with E-state index in [1.165, 1.54) is 45.2 Å². The molecule has 2 rings (SSSR count). The molecule has 0 aromatic rings. The molecule has 22 heavy (non-hydrogen) atoms. The summed E-state index contributed by atoms with van der Waals surface area (Å²) < 4.78 is 0. The van der Waals surface area contributed by atoms with Crippen molar-refractivity contribution in [3.8, 4) is 0 Å². The molecule has 0 bridgehead atoms. The molecule has 0 aromatic heterocycles. The Morgan fingerprint density at radius 2 is 1.68 bits per heavy atom. The summed E-state index contributed by atoms with van der Waals surface area (Å²) in [4.78, 5) is 14.6. The molecule has 4 nitrogen and oxygen atoms in total.